The minimum Gasteiger partial charge on any atom is -0.369 e. The molecule has 3 rings (SSSR count). The van der Waals surface area contributed by atoms with Crippen molar-refractivity contribution < 1.29 is 4.39 Å². The normalized spacial score (nSPS) is 23.8. The number of piperidine rings is 1. The lowest BCUT2D eigenvalue weighted by Gasteiger charge is -2.24. The lowest BCUT2D eigenvalue weighted by molar-refractivity contribution is 0.399. The largest absolute Gasteiger partial charge is 0.369 e. The Labute approximate surface area is 115 Å². The zero-order valence-electron chi connectivity index (χ0n) is 11.5. The van der Waals surface area contributed by atoms with Crippen LogP contribution in [0.5, 0.6) is 0 Å². The molecule has 2 fully saturated rings. The quantitative estimate of drug-likeness (QED) is 0.900. The molecular formula is C16H23FN2. The predicted octanol–water partition coefficient (Wildman–Crippen LogP) is 3.11. The van der Waals surface area contributed by atoms with Crippen LogP contribution >= 0.6 is 0 Å². The van der Waals surface area contributed by atoms with Crippen LogP contribution < -0.4 is 10.2 Å². The third kappa shape index (κ3) is 3.08. The van der Waals surface area contributed by atoms with Crippen LogP contribution in [0.25, 0.3) is 0 Å². The zero-order chi connectivity index (χ0) is 13.1. The van der Waals surface area contributed by atoms with Gasteiger partial charge in [0.15, 0.2) is 0 Å². The highest BCUT2D eigenvalue weighted by molar-refractivity contribution is 5.50. The molecule has 1 unspecified atom stereocenters. The van der Waals surface area contributed by atoms with Gasteiger partial charge in [0.2, 0.25) is 0 Å². The van der Waals surface area contributed by atoms with E-state index in [9.17, 15) is 4.39 Å². The van der Waals surface area contributed by atoms with E-state index in [-0.39, 0.29) is 5.82 Å². The number of rotatable bonds is 3. The molecule has 2 heterocycles. The monoisotopic (exact) mass is 262 g/mol. The maximum atomic E-state index is 14.2. The van der Waals surface area contributed by atoms with E-state index in [1.54, 1.807) is 6.07 Å². The summed E-state index contributed by atoms with van der Waals surface area (Å²) in [5, 5.41) is 3.52. The second kappa shape index (κ2) is 5.91. The highest BCUT2D eigenvalue weighted by Gasteiger charge is 2.17. The molecule has 19 heavy (non-hydrogen) atoms. The maximum absolute atomic E-state index is 14.2. The van der Waals surface area contributed by atoms with E-state index in [0.29, 0.717) is 6.04 Å². The van der Waals surface area contributed by atoms with E-state index in [1.807, 2.05) is 6.07 Å². The third-order valence-corrected chi connectivity index (χ3v) is 4.35. The first-order valence-corrected chi connectivity index (χ1v) is 7.60. The first kappa shape index (κ1) is 12.9. The Hall–Kier alpha value is -1.09. The van der Waals surface area contributed by atoms with Gasteiger partial charge in [-0.05, 0) is 56.3 Å². The molecular weight excluding hydrogens is 239 g/mol. The summed E-state index contributed by atoms with van der Waals surface area (Å²) in [5.74, 6) is -0.0461. The Morgan fingerprint density at radius 2 is 2.00 bits per heavy atom. The Morgan fingerprint density at radius 3 is 2.68 bits per heavy atom. The van der Waals surface area contributed by atoms with Crippen molar-refractivity contribution in [2.75, 3.05) is 24.5 Å². The fraction of sp³-hybridized carbons (Fsp3) is 0.625. The average Bonchev–Trinajstić information content (AvgIpc) is 2.94. The van der Waals surface area contributed by atoms with Crippen LogP contribution in [0.4, 0.5) is 10.1 Å². The molecule has 2 nitrogen and oxygen atoms in total. The van der Waals surface area contributed by atoms with Gasteiger partial charge in [0, 0.05) is 19.1 Å². The van der Waals surface area contributed by atoms with Gasteiger partial charge in [-0.2, -0.15) is 0 Å². The van der Waals surface area contributed by atoms with Crippen molar-refractivity contribution in [2.45, 2.75) is 44.6 Å². The third-order valence-electron chi connectivity index (χ3n) is 4.35. The summed E-state index contributed by atoms with van der Waals surface area (Å²) in [6.45, 7) is 3.11. The molecule has 0 saturated carbocycles. The summed E-state index contributed by atoms with van der Waals surface area (Å²) in [5.41, 5.74) is 1.91. The second-order valence-electron chi connectivity index (χ2n) is 5.83. The molecule has 0 amide bonds. The van der Waals surface area contributed by atoms with Gasteiger partial charge >= 0.3 is 0 Å². The van der Waals surface area contributed by atoms with Crippen LogP contribution in [-0.2, 0) is 6.42 Å². The predicted molar refractivity (Wildman–Crippen MR) is 77.2 cm³/mol. The standard InChI is InChI=1S/C16H23FN2/c17-15-12-13(11-14-5-1-2-8-18-14)6-7-16(15)19-9-3-4-10-19/h6-7,12,14,18H,1-5,8-11H2. The van der Waals surface area contributed by atoms with Gasteiger partial charge < -0.3 is 10.2 Å². The van der Waals surface area contributed by atoms with E-state index in [4.69, 9.17) is 0 Å². The molecule has 1 N–H and O–H groups in total. The summed E-state index contributed by atoms with van der Waals surface area (Å²) in [4.78, 5) is 2.16. The molecule has 0 aliphatic carbocycles. The molecule has 0 aromatic heterocycles. The van der Waals surface area contributed by atoms with Gasteiger partial charge in [-0.3, -0.25) is 0 Å². The summed E-state index contributed by atoms with van der Waals surface area (Å²) >= 11 is 0. The van der Waals surface area contributed by atoms with Crippen molar-refractivity contribution >= 4 is 5.69 Å². The average molecular weight is 262 g/mol. The van der Waals surface area contributed by atoms with E-state index < -0.39 is 0 Å². The molecule has 0 spiro atoms. The molecule has 0 radical (unpaired) electrons. The second-order valence-corrected chi connectivity index (χ2v) is 5.83. The fourth-order valence-corrected chi connectivity index (χ4v) is 3.27. The highest BCUT2D eigenvalue weighted by atomic mass is 19.1. The van der Waals surface area contributed by atoms with Crippen molar-refractivity contribution in [1.29, 1.82) is 0 Å². The van der Waals surface area contributed by atoms with E-state index in [0.717, 1.165) is 37.3 Å². The summed E-state index contributed by atoms with van der Waals surface area (Å²) in [6.07, 6.45) is 7.12. The van der Waals surface area contributed by atoms with E-state index in [2.05, 4.69) is 16.3 Å². The number of benzene rings is 1. The van der Waals surface area contributed by atoms with Crippen molar-refractivity contribution in [3.8, 4) is 0 Å². The topological polar surface area (TPSA) is 15.3 Å². The van der Waals surface area contributed by atoms with Gasteiger partial charge in [0.05, 0.1) is 5.69 Å². The van der Waals surface area contributed by atoms with Crippen LogP contribution in [-0.4, -0.2) is 25.7 Å². The molecule has 3 heteroatoms. The smallest absolute Gasteiger partial charge is 0.146 e. The van der Waals surface area contributed by atoms with Crippen LogP contribution in [0.3, 0.4) is 0 Å². The van der Waals surface area contributed by atoms with Crippen LogP contribution in [0.1, 0.15) is 37.7 Å². The number of nitrogens with zero attached hydrogens (tertiary/aromatic N) is 1. The lowest BCUT2D eigenvalue weighted by atomic mass is 9.97. The molecule has 2 aliphatic heterocycles. The molecule has 0 bridgehead atoms. The van der Waals surface area contributed by atoms with E-state index in [1.165, 1.54) is 32.1 Å². The van der Waals surface area contributed by atoms with Gasteiger partial charge in [0.25, 0.3) is 0 Å². The molecule has 1 aromatic rings. The highest BCUT2D eigenvalue weighted by Crippen LogP contribution is 2.25. The summed E-state index contributed by atoms with van der Waals surface area (Å²) in [6, 6.07) is 6.35. The molecule has 2 saturated heterocycles. The molecule has 1 aromatic carbocycles. The lowest BCUT2D eigenvalue weighted by Crippen LogP contribution is -2.35. The Morgan fingerprint density at radius 1 is 1.16 bits per heavy atom. The van der Waals surface area contributed by atoms with Crippen LogP contribution in [0, 0.1) is 5.82 Å². The minimum absolute atomic E-state index is 0.0461. The van der Waals surface area contributed by atoms with Crippen molar-refractivity contribution in [2.24, 2.45) is 0 Å². The Bertz CT molecular complexity index is 421. The fourth-order valence-electron chi connectivity index (χ4n) is 3.27. The van der Waals surface area contributed by atoms with Crippen LogP contribution in [0.2, 0.25) is 0 Å². The van der Waals surface area contributed by atoms with Crippen molar-refractivity contribution in [3.05, 3.63) is 29.6 Å². The van der Waals surface area contributed by atoms with Gasteiger partial charge in [-0.25, -0.2) is 4.39 Å². The van der Waals surface area contributed by atoms with Crippen molar-refractivity contribution in [1.82, 2.24) is 5.32 Å². The maximum Gasteiger partial charge on any atom is 0.146 e. The van der Waals surface area contributed by atoms with E-state index >= 15 is 0 Å². The molecule has 104 valence electrons. The zero-order valence-corrected chi connectivity index (χ0v) is 11.5. The Kier molecular flexibility index (Phi) is 4.02. The van der Waals surface area contributed by atoms with Gasteiger partial charge in [-0.1, -0.05) is 12.5 Å². The van der Waals surface area contributed by atoms with Crippen LogP contribution in [0.15, 0.2) is 18.2 Å². The Balaban J connectivity index is 1.67. The first-order chi connectivity index (χ1) is 9.33. The number of hydrogen-bond acceptors (Lipinski definition) is 2. The molecule has 1 atom stereocenters. The summed E-state index contributed by atoms with van der Waals surface area (Å²) in [7, 11) is 0. The number of hydrogen-bond donors (Lipinski definition) is 1. The first-order valence-electron chi connectivity index (χ1n) is 7.60. The van der Waals surface area contributed by atoms with Crippen molar-refractivity contribution in [3.63, 3.8) is 0 Å². The summed E-state index contributed by atoms with van der Waals surface area (Å²) < 4.78 is 14.2. The molecule has 2 aliphatic rings. The number of anilines is 1. The van der Waals surface area contributed by atoms with Gasteiger partial charge in [-0.15, -0.1) is 0 Å². The number of halogens is 1. The van der Waals surface area contributed by atoms with Gasteiger partial charge in [0.1, 0.15) is 5.82 Å². The SMILES string of the molecule is Fc1cc(CC2CCCCN2)ccc1N1CCCC1. The number of nitrogens with one attached hydrogen (secondary N) is 1. The minimum atomic E-state index is -0.0461.